The van der Waals surface area contributed by atoms with Crippen LogP contribution in [-0.4, -0.2) is 25.8 Å². The van der Waals surface area contributed by atoms with E-state index in [9.17, 15) is 13.6 Å². The van der Waals surface area contributed by atoms with Crippen molar-refractivity contribution < 1.29 is 23.1 Å². The van der Waals surface area contributed by atoms with Crippen LogP contribution < -0.4 is 10.1 Å². The minimum absolute atomic E-state index is 0.0354. The summed E-state index contributed by atoms with van der Waals surface area (Å²) in [6.45, 7) is -0.145. The number of carbonyl (C=O) groups excluding carboxylic acids is 1. The highest BCUT2D eigenvalue weighted by molar-refractivity contribution is 6.45. The Morgan fingerprint density at radius 1 is 1.12 bits per heavy atom. The van der Waals surface area contributed by atoms with Gasteiger partial charge in [0.1, 0.15) is 13.7 Å². The molecule has 0 aliphatic carbocycles. The molecule has 2 aromatic carbocycles. The van der Waals surface area contributed by atoms with E-state index in [1.54, 1.807) is 24.3 Å². The van der Waals surface area contributed by atoms with Crippen molar-refractivity contribution in [3.05, 3.63) is 65.2 Å². The number of ether oxygens (including phenoxy) is 1. The summed E-state index contributed by atoms with van der Waals surface area (Å²) in [6, 6.07) is 10.2. The first-order chi connectivity index (χ1) is 11.6. The van der Waals surface area contributed by atoms with Crippen LogP contribution in [0.1, 0.15) is 11.1 Å². The highest BCUT2D eigenvalue weighted by Crippen LogP contribution is 2.23. The molecule has 0 bridgehead atoms. The minimum atomic E-state index is -0.801. The van der Waals surface area contributed by atoms with Crippen molar-refractivity contribution in [2.24, 2.45) is 5.16 Å². The second-order valence-corrected chi connectivity index (χ2v) is 4.70. The summed E-state index contributed by atoms with van der Waals surface area (Å²) >= 11 is 0. The Bertz CT molecular complexity index is 743. The third-order valence-corrected chi connectivity index (χ3v) is 3.19. The van der Waals surface area contributed by atoms with Gasteiger partial charge in [0.15, 0.2) is 23.1 Å². The number of hydrogen-bond donors (Lipinski definition) is 1. The van der Waals surface area contributed by atoms with Gasteiger partial charge in [0.05, 0.1) is 0 Å². The molecule has 7 heteroatoms. The highest BCUT2D eigenvalue weighted by atomic mass is 19.1. The molecule has 1 amide bonds. The summed E-state index contributed by atoms with van der Waals surface area (Å²) in [6.07, 6.45) is 0. The van der Waals surface area contributed by atoms with Crippen molar-refractivity contribution in [1.82, 2.24) is 5.32 Å². The van der Waals surface area contributed by atoms with E-state index >= 15 is 0 Å². The molecule has 24 heavy (non-hydrogen) atoms. The maximum absolute atomic E-state index is 13.6. The molecule has 0 heterocycles. The minimum Gasteiger partial charge on any atom is -0.483 e. The number of rotatable bonds is 6. The zero-order chi connectivity index (χ0) is 17.5. The molecule has 0 aliphatic heterocycles. The van der Waals surface area contributed by atoms with Crippen LogP contribution in [0.25, 0.3) is 0 Å². The predicted octanol–water partition coefficient (Wildman–Crippen LogP) is 2.64. The standard InChI is InChI=1S/C17H16F2N2O3/c1-20-17(22)15(21-23-2)12-7-4-3-6-11(12)10-24-16-13(18)8-5-9-14(16)19/h3-9H,10H2,1-2H3,(H,20,22). The maximum Gasteiger partial charge on any atom is 0.273 e. The number of nitrogens with one attached hydrogen (secondary N) is 1. The Kier molecular flexibility index (Phi) is 5.83. The first-order valence-electron chi connectivity index (χ1n) is 7.06. The number of likely N-dealkylation sites (N-methyl/N-ethyl adjacent to an activating group) is 1. The summed E-state index contributed by atoms with van der Waals surface area (Å²) in [5.74, 6) is -2.53. The third-order valence-electron chi connectivity index (χ3n) is 3.19. The Hall–Kier alpha value is -2.96. The van der Waals surface area contributed by atoms with Crippen molar-refractivity contribution in [2.75, 3.05) is 14.2 Å². The lowest BCUT2D eigenvalue weighted by atomic mass is 10.0. The van der Waals surface area contributed by atoms with E-state index in [-0.39, 0.29) is 12.3 Å². The first kappa shape index (κ1) is 17.4. The summed E-state index contributed by atoms with van der Waals surface area (Å²) < 4.78 is 32.5. The molecule has 1 N–H and O–H groups in total. The fraction of sp³-hybridized carbons (Fsp3) is 0.176. The summed E-state index contributed by atoms with van der Waals surface area (Å²) in [4.78, 5) is 16.7. The number of oxime groups is 1. The van der Waals surface area contributed by atoms with Crippen LogP contribution in [-0.2, 0) is 16.2 Å². The molecular formula is C17H16F2N2O3. The smallest absolute Gasteiger partial charge is 0.273 e. The van der Waals surface area contributed by atoms with E-state index in [0.717, 1.165) is 12.1 Å². The predicted molar refractivity (Wildman–Crippen MR) is 84.7 cm³/mol. The van der Waals surface area contributed by atoms with Gasteiger partial charge in [-0.15, -0.1) is 0 Å². The molecule has 2 rings (SSSR count). The topological polar surface area (TPSA) is 59.9 Å². The van der Waals surface area contributed by atoms with Crippen LogP contribution in [0.4, 0.5) is 8.78 Å². The van der Waals surface area contributed by atoms with Crippen LogP contribution in [0, 0.1) is 11.6 Å². The van der Waals surface area contributed by atoms with Crippen molar-refractivity contribution in [1.29, 1.82) is 0 Å². The monoisotopic (exact) mass is 334 g/mol. The molecule has 0 atom stereocenters. The van der Waals surface area contributed by atoms with E-state index < -0.39 is 23.3 Å². The van der Waals surface area contributed by atoms with E-state index in [0.29, 0.717) is 11.1 Å². The average Bonchev–Trinajstić information content (AvgIpc) is 2.59. The quantitative estimate of drug-likeness (QED) is 0.653. The third kappa shape index (κ3) is 3.87. The van der Waals surface area contributed by atoms with Gasteiger partial charge in [-0.1, -0.05) is 35.5 Å². The lowest BCUT2D eigenvalue weighted by Gasteiger charge is -2.12. The SMILES string of the molecule is CNC(=O)C(=NOC)c1ccccc1COc1c(F)cccc1F. The highest BCUT2D eigenvalue weighted by Gasteiger charge is 2.18. The Morgan fingerprint density at radius 2 is 1.79 bits per heavy atom. The summed E-state index contributed by atoms with van der Waals surface area (Å²) in [5, 5.41) is 6.17. The number of halogens is 2. The largest absolute Gasteiger partial charge is 0.483 e. The maximum atomic E-state index is 13.6. The molecule has 5 nitrogen and oxygen atoms in total. The second-order valence-electron chi connectivity index (χ2n) is 4.70. The van der Waals surface area contributed by atoms with E-state index in [1.807, 2.05) is 0 Å². The van der Waals surface area contributed by atoms with Gasteiger partial charge < -0.3 is 14.9 Å². The van der Waals surface area contributed by atoms with Crippen molar-refractivity contribution in [3.63, 3.8) is 0 Å². The number of benzene rings is 2. The number of carbonyl (C=O) groups is 1. The van der Waals surface area contributed by atoms with Gasteiger partial charge >= 0.3 is 0 Å². The van der Waals surface area contributed by atoms with Crippen molar-refractivity contribution in [2.45, 2.75) is 6.61 Å². The normalized spacial score (nSPS) is 11.1. The summed E-state index contributed by atoms with van der Waals surface area (Å²) in [5.41, 5.74) is 1.00. The van der Waals surface area contributed by atoms with E-state index in [4.69, 9.17) is 9.57 Å². The van der Waals surface area contributed by atoms with Gasteiger partial charge in [0, 0.05) is 12.6 Å². The van der Waals surface area contributed by atoms with E-state index in [1.165, 1.54) is 20.2 Å². The van der Waals surface area contributed by atoms with Gasteiger partial charge in [-0.05, 0) is 17.7 Å². The Balaban J connectivity index is 2.32. The van der Waals surface area contributed by atoms with Crippen LogP contribution in [0.2, 0.25) is 0 Å². The van der Waals surface area contributed by atoms with Gasteiger partial charge in [0.2, 0.25) is 0 Å². The first-order valence-corrected chi connectivity index (χ1v) is 7.06. The number of hydrogen-bond acceptors (Lipinski definition) is 4. The lowest BCUT2D eigenvalue weighted by Crippen LogP contribution is -2.29. The molecule has 2 aromatic rings. The zero-order valence-corrected chi connectivity index (χ0v) is 13.2. The molecule has 0 fully saturated rings. The second kappa shape index (κ2) is 8.05. The van der Waals surface area contributed by atoms with Crippen molar-refractivity contribution >= 4 is 11.6 Å². The molecule has 0 aromatic heterocycles. The summed E-state index contributed by atoms with van der Waals surface area (Å²) in [7, 11) is 2.78. The lowest BCUT2D eigenvalue weighted by molar-refractivity contribution is -0.114. The molecule has 0 unspecified atom stereocenters. The van der Waals surface area contributed by atoms with Crippen LogP contribution >= 0.6 is 0 Å². The fourth-order valence-electron chi connectivity index (χ4n) is 2.07. The molecule has 0 saturated carbocycles. The van der Waals surface area contributed by atoms with Gasteiger partial charge in [-0.3, -0.25) is 4.79 Å². The number of para-hydroxylation sites is 1. The van der Waals surface area contributed by atoms with Crippen molar-refractivity contribution in [3.8, 4) is 5.75 Å². The molecule has 0 radical (unpaired) electrons. The van der Waals surface area contributed by atoms with Crippen LogP contribution in [0.5, 0.6) is 5.75 Å². The van der Waals surface area contributed by atoms with E-state index in [2.05, 4.69) is 10.5 Å². The molecule has 0 saturated heterocycles. The molecule has 0 spiro atoms. The Morgan fingerprint density at radius 3 is 2.42 bits per heavy atom. The zero-order valence-electron chi connectivity index (χ0n) is 13.2. The Labute approximate surface area is 137 Å². The molecular weight excluding hydrogens is 318 g/mol. The van der Waals surface area contributed by atoms with Gasteiger partial charge in [-0.2, -0.15) is 0 Å². The van der Waals surface area contributed by atoms with Crippen LogP contribution in [0.3, 0.4) is 0 Å². The van der Waals surface area contributed by atoms with Gasteiger partial charge in [0.25, 0.3) is 5.91 Å². The number of amides is 1. The van der Waals surface area contributed by atoms with Crippen LogP contribution in [0.15, 0.2) is 47.6 Å². The molecule has 126 valence electrons. The van der Waals surface area contributed by atoms with Gasteiger partial charge in [-0.25, -0.2) is 8.78 Å². The molecule has 0 aliphatic rings. The number of nitrogens with zero attached hydrogens (tertiary/aromatic N) is 1. The fourth-order valence-corrected chi connectivity index (χ4v) is 2.07. The average molecular weight is 334 g/mol.